The van der Waals surface area contributed by atoms with Crippen molar-refractivity contribution >= 4 is 5.78 Å². The van der Waals surface area contributed by atoms with Gasteiger partial charge in [0.15, 0.2) is 0 Å². The summed E-state index contributed by atoms with van der Waals surface area (Å²) in [7, 11) is 0. The number of fused-ring (bicyclic) bond motifs is 1. The molecule has 2 atom stereocenters. The van der Waals surface area contributed by atoms with Gasteiger partial charge in [0.1, 0.15) is 5.78 Å². The van der Waals surface area contributed by atoms with Gasteiger partial charge in [-0.2, -0.15) is 0 Å². The zero-order valence-electron chi connectivity index (χ0n) is 5.60. The number of Topliss-reactive ketones (excluding diaryl/α,β-unsaturated/α-hetero) is 1. The molecule has 0 bridgehead atoms. The van der Waals surface area contributed by atoms with Crippen LogP contribution in [0.5, 0.6) is 0 Å². The topological polar surface area (TPSA) is 17.1 Å². The molecule has 2 aliphatic rings. The SMILES string of the molecule is O=C1CCC[C@@H]2CC[C@@H]12. The smallest absolute Gasteiger partial charge is 0.136 e. The van der Waals surface area contributed by atoms with E-state index in [9.17, 15) is 4.79 Å². The van der Waals surface area contributed by atoms with Crippen LogP contribution in [0.4, 0.5) is 0 Å². The Morgan fingerprint density at radius 1 is 1.22 bits per heavy atom. The van der Waals surface area contributed by atoms with E-state index in [0.29, 0.717) is 11.7 Å². The van der Waals surface area contributed by atoms with E-state index >= 15 is 0 Å². The Morgan fingerprint density at radius 2 is 2.11 bits per heavy atom. The van der Waals surface area contributed by atoms with Crippen LogP contribution in [-0.4, -0.2) is 5.78 Å². The molecule has 0 radical (unpaired) electrons. The first-order valence-corrected chi connectivity index (χ1v) is 3.90. The number of rotatable bonds is 0. The average molecular weight is 124 g/mol. The zero-order valence-corrected chi connectivity index (χ0v) is 5.60. The number of ketones is 1. The summed E-state index contributed by atoms with van der Waals surface area (Å²) >= 11 is 0. The van der Waals surface area contributed by atoms with Crippen molar-refractivity contribution in [1.29, 1.82) is 0 Å². The van der Waals surface area contributed by atoms with Gasteiger partial charge in [-0.05, 0) is 31.6 Å². The highest BCUT2D eigenvalue weighted by Crippen LogP contribution is 2.42. The molecule has 2 saturated carbocycles. The molecule has 2 aliphatic carbocycles. The maximum atomic E-state index is 11.1. The molecule has 0 amide bonds. The van der Waals surface area contributed by atoms with E-state index in [4.69, 9.17) is 0 Å². The minimum atomic E-state index is 0.513. The second-order valence-corrected chi connectivity index (χ2v) is 3.30. The highest BCUT2D eigenvalue weighted by Gasteiger charge is 2.38. The van der Waals surface area contributed by atoms with Gasteiger partial charge in [-0.1, -0.05) is 0 Å². The van der Waals surface area contributed by atoms with Crippen molar-refractivity contribution in [3.8, 4) is 0 Å². The lowest BCUT2D eigenvalue weighted by molar-refractivity contribution is -0.130. The maximum Gasteiger partial charge on any atom is 0.136 e. The van der Waals surface area contributed by atoms with Crippen LogP contribution in [-0.2, 0) is 4.79 Å². The minimum Gasteiger partial charge on any atom is -0.299 e. The lowest BCUT2D eigenvalue weighted by Gasteiger charge is -2.38. The first kappa shape index (κ1) is 5.45. The van der Waals surface area contributed by atoms with E-state index in [1.165, 1.54) is 25.7 Å². The molecule has 9 heavy (non-hydrogen) atoms. The third kappa shape index (κ3) is 0.707. The normalized spacial score (nSPS) is 41.6. The first-order chi connectivity index (χ1) is 4.38. The molecule has 0 spiro atoms. The van der Waals surface area contributed by atoms with Crippen molar-refractivity contribution in [2.45, 2.75) is 32.1 Å². The Kier molecular flexibility index (Phi) is 1.11. The van der Waals surface area contributed by atoms with Gasteiger partial charge in [0.25, 0.3) is 0 Å². The average Bonchev–Trinajstić information content (AvgIpc) is 1.74. The summed E-state index contributed by atoms with van der Waals surface area (Å²) in [6.45, 7) is 0. The molecular formula is C8H12O. The van der Waals surface area contributed by atoms with Gasteiger partial charge in [0.2, 0.25) is 0 Å². The van der Waals surface area contributed by atoms with Crippen molar-refractivity contribution in [2.24, 2.45) is 11.8 Å². The zero-order chi connectivity index (χ0) is 6.27. The molecule has 0 unspecified atom stereocenters. The van der Waals surface area contributed by atoms with E-state index in [-0.39, 0.29) is 0 Å². The molecule has 0 aromatic rings. The molecule has 1 heteroatoms. The number of carbonyl (C=O) groups is 1. The maximum absolute atomic E-state index is 11.1. The molecule has 0 aromatic carbocycles. The Balaban J connectivity index is 2.06. The van der Waals surface area contributed by atoms with Crippen LogP contribution >= 0.6 is 0 Å². The molecular weight excluding hydrogens is 112 g/mol. The summed E-state index contributed by atoms with van der Waals surface area (Å²) in [6.07, 6.45) is 5.90. The van der Waals surface area contributed by atoms with E-state index in [0.717, 1.165) is 12.3 Å². The van der Waals surface area contributed by atoms with Crippen molar-refractivity contribution in [3.05, 3.63) is 0 Å². The van der Waals surface area contributed by atoms with Gasteiger partial charge >= 0.3 is 0 Å². The van der Waals surface area contributed by atoms with Crippen molar-refractivity contribution < 1.29 is 4.79 Å². The van der Waals surface area contributed by atoms with Gasteiger partial charge in [-0.25, -0.2) is 0 Å². The standard InChI is InChI=1S/C8H12O/c9-8-3-1-2-6-4-5-7(6)8/h6-7H,1-5H2/t6-,7-/m1/s1. The van der Waals surface area contributed by atoms with Crippen LogP contribution in [0.1, 0.15) is 32.1 Å². The lowest BCUT2D eigenvalue weighted by atomic mass is 9.65. The largest absolute Gasteiger partial charge is 0.299 e. The minimum absolute atomic E-state index is 0.513. The monoisotopic (exact) mass is 124 g/mol. The number of hydrogen-bond acceptors (Lipinski definition) is 1. The van der Waals surface area contributed by atoms with Crippen LogP contribution < -0.4 is 0 Å². The fraction of sp³-hybridized carbons (Fsp3) is 0.875. The van der Waals surface area contributed by atoms with Crippen molar-refractivity contribution in [3.63, 3.8) is 0 Å². The van der Waals surface area contributed by atoms with Crippen LogP contribution in [0.25, 0.3) is 0 Å². The summed E-state index contributed by atoms with van der Waals surface area (Å²) < 4.78 is 0. The predicted molar refractivity (Wildman–Crippen MR) is 35.1 cm³/mol. The highest BCUT2D eigenvalue weighted by molar-refractivity contribution is 5.82. The third-order valence-electron chi connectivity index (χ3n) is 2.83. The summed E-state index contributed by atoms with van der Waals surface area (Å²) in [5.41, 5.74) is 0. The molecule has 0 heterocycles. The quantitative estimate of drug-likeness (QED) is 0.481. The predicted octanol–water partition coefficient (Wildman–Crippen LogP) is 1.77. The number of carbonyl (C=O) groups excluding carboxylic acids is 1. The van der Waals surface area contributed by atoms with Gasteiger partial charge in [0, 0.05) is 12.3 Å². The second-order valence-electron chi connectivity index (χ2n) is 3.30. The van der Waals surface area contributed by atoms with Gasteiger partial charge in [0.05, 0.1) is 0 Å². The fourth-order valence-corrected chi connectivity index (χ4v) is 2.06. The fourth-order valence-electron chi connectivity index (χ4n) is 2.06. The molecule has 0 aromatic heterocycles. The molecule has 2 rings (SSSR count). The van der Waals surface area contributed by atoms with Crippen LogP contribution in [0.2, 0.25) is 0 Å². The second kappa shape index (κ2) is 1.83. The summed E-state index contributed by atoms with van der Waals surface area (Å²) in [4.78, 5) is 11.1. The molecule has 50 valence electrons. The molecule has 0 saturated heterocycles. The van der Waals surface area contributed by atoms with E-state index in [1.54, 1.807) is 0 Å². The Morgan fingerprint density at radius 3 is 2.56 bits per heavy atom. The molecule has 0 N–H and O–H groups in total. The van der Waals surface area contributed by atoms with E-state index in [1.807, 2.05) is 0 Å². The summed E-state index contributed by atoms with van der Waals surface area (Å²) in [5.74, 6) is 1.88. The van der Waals surface area contributed by atoms with Crippen LogP contribution in [0.3, 0.4) is 0 Å². The Labute approximate surface area is 55.4 Å². The van der Waals surface area contributed by atoms with Gasteiger partial charge < -0.3 is 0 Å². The van der Waals surface area contributed by atoms with Crippen LogP contribution in [0.15, 0.2) is 0 Å². The van der Waals surface area contributed by atoms with E-state index in [2.05, 4.69) is 0 Å². The Bertz CT molecular complexity index is 140. The lowest BCUT2D eigenvalue weighted by Crippen LogP contribution is -2.36. The van der Waals surface area contributed by atoms with Gasteiger partial charge in [-0.3, -0.25) is 4.79 Å². The van der Waals surface area contributed by atoms with Gasteiger partial charge in [-0.15, -0.1) is 0 Å². The van der Waals surface area contributed by atoms with Crippen molar-refractivity contribution in [1.82, 2.24) is 0 Å². The number of hydrogen-bond donors (Lipinski definition) is 0. The summed E-state index contributed by atoms with van der Waals surface area (Å²) in [5, 5.41) is 0. The van der Waals surface area contributed by atoms with Crippen molar-refractivity contribution in [2.75, 3.05) is 0 Å². The Hall–Kier alpha value is -0.330. The molecule has 0 aliphatic heterocycles. The first-order valence-electron chi connectivity index (χ1n) is 3.90. The van der Waals surface area contributed by atoms with Crippen LogP contribution in [0, 0.1) is 11.8 Å². The molecule has 2 fully saturated rings. The molecule has 1 nitrogen and oxygen atoms in total. The third-order valence-corrected chi connectivity index (χ3v) is 2.83. The highest BCUT2D eigenvalue weighted by atomic mass is 16.1. The summed E-state index contributed by atoms with van der Waals surface area (Å²) in [6, 6.07) is 0. The van der Waals surface area contributed by atoms with E-state index < -0.39 is 0 Å².